The van der Waals surface area contributed by atoms with Crippen LogP contribution < -0.4 is 5.32 Å². The number of nitriles is 1. The van der Waals surface area contributed by atoms with E-state index in [-0.39, 0.29) is 12.3 Å². The summed E-state index contributed by atoms with van der Waals surface area (Å²) in [6, 6.07) is 1.81. The molecule has 0 spiro atoms. The van der Waals surface area contributed by atoms with Crippen LogP contribution >= 0.6 is 0 Å². The molecule has 1 N–H and O–H groups in total. The average molecular weight is 168 g/mol. The van der Waals surface area contributed by atoms with E-state index in [2.05, 4.69) is 12.2 Å². The number of nitrogens with one attached hydrogen (secondary N) is 1. The summed E-state index contributed by atoms with van der Waals surface area (Å²) >= 11 is 0. The molecule has 0 bridgehead atoms. The van der Waals surface area contributed by atoms with Crippen LogP contribution in [0, 0.1) is 11.3 Å². The van der Waals surface area contributed by atoms with Crippen molar-refractivity contribution in [3.63, 3.8) is 0 Å². The summed E-state index contributed by atoms with van der Waals surface area (Å²) in [5, 5.41) is 10.8. The lowest BCUT2D eigenvalue weighted by Crippen LogP contribution is -2.23. The van der Waals surface area contributed by atoms with Gasteiger partial charge in [-0.05, 0) is 6.42 Å². The van der Waals surface area contributed by atoms with Crippen LogP contribution in [0.15, 0.2) is 0 Å². The van der Waals surface area contributed by atoms with E-state index in [1.807, 2.05) is 6.07 Å². The van der Waals surface area contributed by atoms with E-state index < -0.39 is 0 Å². The second-order valence-corrected chi connectivity index (χ2v) is 2.75. The van der Waals surface area contributed by atoms with Gasteiger partial charge in [-0.3, -0.25) is 4.79 Å². The molecule has 0 fully saturated rings. The minimum atomic E-state index is -0.158. The Morgan fingerprint density at radius 2 is 2.17 bits per heavy atom. The summed E-state index contributed by atoms with van der Waals surface area (Å²) in [6.07, 6.45) is 4.57. The van der Waals surface area contributed by atoms with Crippen LogP contribution in [0.4, 0.5) is 0 Å². The first-order chi connectivity index (χ1) is 5.81. The van der Waals surface area contributed by atoms with Gasteiger partial charge in [0.25, 0.3) is 0 Å². The highest BCUT2D eigenvalue weighted by Crippen LogP contribution is 1.96. The molecule has 0 saturated carbocycles. The van der Waals surface area contributed by atoms with Crippen molar-refractivity contribution in [1.82, 2.24) is 5.32 Å². The van der Waals surface area contributed by atoms with E-state index in [4.69, 9.17) is 5.26 Å². The molecule has 0 saturated heterocycles. The van der Waals surface area contributed by atoms with Crippen molar-refractivity contribution in [3.05, 3.63) is 0 Å². The summed E-state index contributed by atoms with van der Waals surface area (Å²) in [7, 11) is 0. The van der Waals surface area contributed by atoms with Gasteiger partial charge in [0.05, 0.1) is 6.07 Å². The highest BCUT2D eigenvalue weighted by atomic mass is 16.1. The molecule has 1 amide bonds. The van der Waals surface area contributed by atoms with Crippen LogP contribution in [0.5, 0.6) is 0 Å². The molecule has 0 atom stereocenters. The first kappa shape index (κ1) is 11.0. The SMILES string of the molecule is CCCCCCNC(=O)CC#N. The number of hydrogen-bond acceptors (Lipinski definition) is 2. The van der Waals surface area contributed by atoms with Crippen molar-refractivity contribution in [2.45, 2.75) is 39.0 Å². The van der Waals surface area contributed by atoms with Crippen LogP contribution in [0.2, 0.25) is 0 Å². The van der Waals surface area contributed by atoms with Gasteiger partial charge in [0.15, 0.2) is 0 Å². The van der Waals surface area contributed by atoms with Crippen LogP contribution in [0.3, 0.4) is 0 Å². The second-order valence-electron chi connectivity index (χ2n) is 2.75. The third kappa shape index (κ3) is 7.07. The molecule has 0 aliphatic heterocycles. The molecule has 3 heteroatoms. The molecule has 0 aliphatic rings. The number of amides is 1. The van der Waals surface area contributed by atoms with Gasteiger partial charge in [-0.1, -0.05) is 26.2 Å². The van der Waals surface area contributed by atoms with E-state index in [0.717, 1.165) is 12.8 Å². The van der Waals surface area contributed by atoms with Crippen molar-refractivity contribution in [2.24, 2.45) is 0 Å². The topological polar surface area (TPSA) is 52.9 Å². The number of unbranched alkanes of at least 4 members (excludes halogenated alkanes) is 3. The molecule has 3 nitrogen and oxygen atoms in total. The van der Waals surface area contributed by atoms with Gasteiger partial charge in [0.2, 0.25) is 5.91 Å². The summed E-state index contributed by atoms with van der Waals surface area (Å²) in [6.45, 7) is 2.86. The van der Waals surface area contributed by atoms with Crippen LogP contribution in [0.1, 0.15) is 39.0 Å². The molecular formula is C9H16N2O. The number of hydrogen-bond donors (Lipinski definition) is 1. The van der Waals surface area contributed by atoms with Gasteiger partial charge in [0.1, 0.15) is 6.42 Å². The molecule has 0 unspecified atom stereocenters. The molecule has 0 rings (SSSR count). The zero-order valence-electron chi connectivity index (χ0n) is 7.60. The monoisotopic (exact) mass is 168 g/mol. The van der Waals surface area contributed by atoms with E-state index in [9.17, 15) is 4.79 Å². The lowest BCUT2D eigenvalue weighted by atomic mass is 10.2. The molecular weight excluding hydrogens is 152 g/mol. The first-order valence-corrected chi connectivity index (χ1v) is 4.45. The lowest BCUT2D eigenvalue weighted by Gasteiger charge is -2.00. The molecule has 68 valence electrons. The zero-order chi connectivity index (χ0) is 9.23. The van der Waals surface area contributed by atoms with E-state index >= 15 is 0 Å². The maximum atomic E-state index is 10.7. The van der Waals surface area contributed by atoms with Gasteiger partial charge in [-0.15, -0.1) is 0 Å². The van der Waals surface area contributed by atoms with Gasteiger partial charge >= 0.3 is 0 Å². The summed E-state index contributed by atoms with van der Waals surface area (Å²) in [5.74, 6) is -0.158. The van der Waals surface area contributed by atoms with Crippen LogP contribution in [0.25, 0.3) is 0 Å². The fourth-order valence-corrected chi connectivity index (χ4v) is 0.914. The Morgan fingerprint density at radius 3 is 2.75 bits per heavy atom. The molecule has 0 aromatic carbocycles. The normalized spacial score (nSPS) is 9.00. The molecule has 0 aliphatic carbocycles. The van der Waals surface area contributed by atoms with Crippen molar-refractivity contribution < 1.29 is 4.79 Å². The lowest BCUT2D eigenvalue weighted by molar-refractivity contribution is -0.120. The maximum Gasteiger partial charge on any atom is 0.234 e. The standard InChI is InChI=1S/C9H16N2O/c1-2-3-4-5-8-11-9(12)6-7-10/h2-6,8H2,1H3,(H,11,12). The largest absolute Gasteiger partial charge is 0.355 e. The fourth-order valence-electron chi connectivity index (χ4n) is 0.914. The van der Waals surface area contributed by atoms with Gasteiger partial charge in [-0.25, -0.2) is 0 Å². The summed E-state index contributed by atoms with van der Waals surface area (Å²) in [5.41, 5.74) is 0. The summed E-state index contributed by atoms with van der Waals surface area (Å²) in [4.78, 5) is 10.7. The molecule has 12 heavy (non-hydrogen) atoms. The Hall–Kier alpha value is -1.04. The molecule has 0 heterocycles. The smallest absolute Gasteiger partial charge is 0.234 e. The Kier molecular flexibility index (Phi) is 7.36. The van der Waals surface area contributed by atoms with Crippen molar-refractivity contribution in [2.75, 3.05) is 6.54 Å². The number of rotatable bonds is 6. The predicted molar refractivity (Wildman–Crippen MR) is 47.4 cm³/mol. The Labute approximate surface area is 73.8 Å². The number of nitrogens with zero attached hydrogens (tertiary/aromatic N) is 1. The van der Waals surface area contributed by atoms with E-state index in [1.54, 1.807) is 0 Å². The number of carbonyl (C=O) groups excluding carboxylic acids is 1. The van der Waals surface area contributed by atoms with Gasteiger partial charge < -0.3 is 5.32 Å². The quantitative estimate of drug-likeness (QED) is 0.612. The average Bonchev–Trinajstić information content (AvgIpc) is 2.05. The Balaban J connectivity index is 3.10. The third-order valence-corrected chi connectivity index (χ3v) is 1.59. The highest BCUT2D eigenvalue weighted by Gasteiger charge is 1.96. The highest BCUT2D eigenvalue weighted by molar-refractivity contribution is 5.77. The minimum absolute atomic E-state index is 0.0201. The fraction of sp³-hybridized carbons (Fsp3) is 0.778. The minimum Gasteiger partial charge on any atom is -0.355 e. The zero-order valence-corrected chi connectivity index (χ0v) is 7.60. The number of carbonyl (C=O) groups is 1. The van der Waals surface area contributed by atoms with E-state index in [1.165, 1.54) is 12.8 Å². The molecule has 0 aromatic rings. The van der Waals surface area contributed by atoms with Gasteiger partial charge in [0, 0.05) is 6.54 Å². The maximum absolute atomic E-state index is 10.7. The van der Waals surface area contributed by atoms with E-state index in [0.29, 0.717) is 6.54 Å². The molecule has 0 aromatic heterocycles. The first-order valence-electron chi connectivity index (χ1n) is 4.45. The third-order valence-electron chi connectivity index (χ3n) is 1.59. The summed E-state index contributed by atoms with van der Waals surface area (Å²) < 4.78 is 0. The van der Waals surface area contributed by atoms with Gasteiger partial charge in [-0.2, -0.15) is 5.26 Å². The molecule has 0 radical (unpaired) electrons. The Morgan fingerprint density at radius 1 is 1.42 bits per heavy atom. The van der Waals surface area contributed by atoms with Crippen molar-refractivity contribution >= 4 is 5.91 Å². The van der Waals surface area contributed by atoms with Crippen LogP contribution in [-0.2, 0) is 4.79 Å². The predicted octanol–water partition coefficient (Wildman–Crippen LogP) is 1.60. The van der Waals surface area contributed by atoms with Crippen LogP contribution in [-0.4, -0.2) is 12.5 Å². The van der Waals surface area contributed by atoms with Crippen molar-refractivity contribution in [3.8, 4) is 6.07 Å². The second kappa shape index (κ2) is 8.06. The van der Waals surface area contributed by atoms with Crippen molar-refractivity contribution in [1.29, 1.82) is 5.26 Å². The Bertz CT molecular complexity index is 160.